The van der Waals surface area contributed by atoms with Gasteiger partial charge in [0.2, 0.25) is 5.91 Å². The lowest BCUT2D eigenvalue weighted by atomic mass is 10.1. The van der Waals surface area contributed by atoms with Gasteiger partial charge in [-0.3, -0.25) is 14.3 Å². The molecule has 1 aliphatic rings. The maximum Gasteiger partial charge on any atom is 0.289 e. The van der Waals surface area contributed by atoms with Crippen molar-refractivity contribution in [3.8, 4) is 22.6 Å². The minimum atomic E-state index is -0.441. The molecule has 0 saturated carbocycles. The van der Waals surface area contributed by atoms with Crippen LogP contribution < -0.4 is 5.73 Å². The molecule has 4 rings (SSSR count). The monoisotopic (exact) mass is 364 g/mol. The number of nitrogens with two attached hydrogens (primary N) is 1. The van der Waals surface area contributed by atoms with E-state index < -0.39 is 5.91 Å². The lowest BCUT2D eigenvalue weighted by molar-refractivity contribution is -0.118. The van der Waals surface area contributed by atoms with Crippen LogP contribution >= 0.6 is 0 Å². The highest BCUT2D eigenvalue weighted by atomic mass is 16.4. The standard InChI is InChI=1S/C20H20N4O3/c21-19(25)13-24-11-8-16(22-24)14-4-3-5-15(12-14)17-6-7-18(27-17)20(26)23-9-1-2-10-23/h3-8,11-12H,1-2,9-10,13H2,(H2,21,25). The number of carbonyl (C=O) groups excluding carboxylic acids is 2. The Kier molecular flexibility index (Phi) is 4.50. The van der Waals surface area contributed by atoms with E-state index in [2.05, 4.69) is 5.10 Å². The predicted molar refractivity (Wildman–Crippen MR) is 99.7 cm³/mol. The van der Waals surface area contributed by atoms with Crippen molar-refractivity contribution in [1.29, 1.82) is 0 Å². The quantitative estimate of drug-likeness (QED) is 0.753. The normalized spacial score (nSPS) is 13.9. The van der Waals surface area contributed by atoms with E-state index in [4.69, 9.17) is 10.2 Å². The summed E-state index contributed by atoms with van der Waals surface area (Å²) in [7, 11) is 0. The van der Waals surface area contributed by atoms with Crippen molar-refractivity contribution in [2.75, 3.05) is 13.1 Å². The zero-order chi connectivity index (χ0) is 18.8. The van der Waals surface area contributed by atoms with Gasteiger partial charge in [-0.2, -0.15) is 5.10 Å². The Morgan fingerprint density at radius 1 is 1.07 bits per heavy atom. The van der Waals surface area contributed by atoms with Gasteiger partial charge in [-0.1, -0.05) is 18.2 Å². The van der Waals surface area contributed by atoms with Crippen LogP contribution in [0.5, 0.6) is 0 Å². The summed E-state index contributed by atoms with van der Waals surface area (Å²) in [6.07, 6.45) is 3.81. The Morgan fingerprint density at radius 2 is 1.85 bits per heavy atom. The van der Waals surface area contributed by atoms with Crippen molar-refractivity contribution in [2.24, 2.45) is 5.73 Å². The third kappa shape index (κ3) is 3.62. The first kappa shape index (κ1) is 17.1. The second-order valence-corrected chi connectivity index (χ2v) is 6.61. The Morgan fingerprint density at radius 3 is 2.63 bits per heavy atom. The number of nitrogens with zero attached hydrogens (tertiary/aromatic N) is 3. The van der Waals surface area contributed by atoms with Crippen LogP contribution in [0.2, 0.25) is 0 Å². The van der Waals surface area contributed by atoms with Crippen LogP contribution in [0.15, 0.2) is 53.1 Å². The molecular formula is C20H20N4O3. The van der Waals surface area contributed by atoms with Crippen molar-refractivity contribution in [2.45, 2.75) is 19.4 Å². The molecule has 0 bridgehead atoms. The number of aromatic nitrogens is 2. The molecule has 7 nitrogen and oxygen atoms in total. The van der Waals surface area contributed by atoms with E-state index in [1.54, 1.807) is 12.3 Å². The molecule has 138 valence electrons. The van der Waals surface area contributed by atoms with Gasteiger partial charge in [0.15, 0.2) is 5.76 Å². The Labute approximate surface area is 156 Å². The van der Waals surface area contributed by atoms with Crippen LogP contribution in [-0.2, 0) is 11.3 Å². The highest BCUT2D eigenvalue weighted by Gasteiger charge is 2.22. The number of benzene rings is 1. The molecule has 0 radical (unpaired) electrons. The van der Waals surface area contributed by atoms with Crippen LogP contribution in [0.3, 0.4) is 0 Å². The fourth-order valence-electron chi connectivity index (χ4n) is 3.28. The number of hydrogen-bond acceptors (Lipinski definition) is 4. The topological polar surface area (TPSA) is 94.4 Å². The van der Waals surface area contributed by atoms with Crippen molar-refractivity contribution in [1.82, 2.24) is 14.7 Å². The molecule has 2 aromatic heterocycles. The summed E-state index contributed by atoms with van der Waals surface area (Å²) in [5.41, 5.74) is 7.68. The van der Waals surface area contributed by atoms with E-state index in [0.717, 1.165) is 42.8 Å². The highest BCUT2D eigenvalue weighted by molar-refractivity contribution is 5.92. The molecular weight excluding hydrogens is 344 g/mol. The first-order chi connectivity index (χ1) is 13.1. The van der Waals surface area contributed by atoms with E-state index >= 15 is 0 Å². The van der Waals surface area contributed by atoms with Crippen molar-refractivity contribution >= 4 is 11.8 Å². The van der Waals surface area contributed by atoms with Crippen molar-refractivity contribution in [3.05, 3.63) is 54.4 Å². The van der Waals surface area contributed by atoms with E-state index in [1.165, 1.54) is 4.68 Å². The third-order valence-electron chi connectivity index (χ3n) is 4.61. The van der Waals surface area contributed by atoms with E-state index in [0.29, 0.717) is 11.5 Å². The van der Waals surface area contributed by atoms with Gasteiger partial charge in [-0.25, -0.2) is 0 Å². The summed E-state index contributed by atoms with van der Waals surface area (Å²) in [5, 5.41) is 4.37. The molecule has 0 unspecified atom stereocenters. The Bertz CT molecular complexity index is 983. The van der Waals surface area contributed by atoms with Crippen LogP contribution in [-0.4, -0.2) is 39.6 Å². The average Bonchev–Trinajstić information content (AvgIpc) is 3.42. The fourth-order valence-corrected chi connectivity index (χ4v) is 3.28. The minimum absolute atomic E-state index is 0.0415. The summed E-state index contributed by atoms with van der Waals surface area (Å²) >= 11 is 0. The van der Waals surface area contributed by atoms with Crippen LogP contribution in [0.4, 0.5) is 0 Å². The zero-order valence-electron chi connectivity index (χ0n) is 14.8. The molecule has 27 heavy (non-hydrogen) atoms. The molecule has 3 heterocycles. The lowest BCUT2D eigenvalue weighted by Gasteiger charge is -2.12. The molecule has 2 amide bonds. The SMILES string of the molecule is NC(=O)Cn1ccc(-c2cccc(-c3ccc(C(=O)N4CCCC4)o3)c2)n1. The molecule has 1 fully saturated rings. The second-order valence-electron chi connectivity index (χ2n) is 6.61. The maximum absolute atomic E-state index is 12.5. The van der Waals surface area contributed by atoms with Crippen LogP contribution in [0.25, 0.3) is 22.6 Å². The third-order valence-corrected chi connectivity index (χ3v) is 4.61. The van der Waals surface area contributed by atoms with Crippen molar-refractivity contribution in [3.63, 3.8) is 0 Å². The lowest BCUT2D eigenvalue weighted by Crippen LogP contribution is -2.27. The Hall–Kier alpha value is -3.35. The van der Waals surface area contributed by atoms with Crippen LogP contribution in [0.1, 0.15) is 23.4 Å². The van der Waals surface area contributed by atoms with Gasteiger partial charge in [0.05, 0.1) is 5.69 Å². The minimum Gasteiger partial charge on any atom is -0.451 e. The molecule has 1 saturated heterocycles. The molecule has 0 atom stereocenters. The molecule has 0 spiro atoms. The number of rotatable bonds is 5. The van der Waals surface area contributed by atoms with E-state index in [-0.39, 0.29) is 12.5 Å². The summed E-state index contributed by atoms with van der Waals surface area (Å²) in [5.74, 6) is 0.503. The van der Waals surface area contributed by atoms with Crippen molar-refractivity contribution < 1.29 is 14.0 Å². The molecule has 1 aromatic carbocycles. The number of primary amides is 1. The van der Waals surface area contributed by atoms with E-state index in [9.17, 15) is 9.59 Å². The summed E-state index contributed by atoms with van der Waals surface area (Å²) < 4.78 is 7.32. The first-order valence-electron chi connectivity index (χ1n) is 8.92. The second kappa shape index (κ2) is 7.11. The smallest absolute Gasteiger partial charge is 0.289 e. The highest BCUT2D eigenvalue weighted by Crippen LogP contribution is 2.27. The Balaban J connectivity index is 1.57. The maximum atomic E-state index is 12.5. The largest absolute Gasteiger partial charge is 0.451 e. The first-order valence-corrected chi connectivity index (χ1v) is 8.92. The molecule has 3 aromatic rings. The zero-order valence-corrected chi connectivity index (χ0v) is 14.8. The molecule has 2 N–H and O–H groups in total. The molecule has 1 aliphatic heterocycles. The average molecular weight is 364 g/mol. The van der Waals surface area contributed by atoms with E-state index in [1.807, 2.05) is 41.3 Å². The summed E-state index contributed by atoms with van der Waals surface area (Å²) in [4.78, 5) is 25.3. The van der Waals surface area contributed by atoms with Gasteiger partial charge in [0.1, 0.15) is 12.3 Å². The molecule has 7 heteroatoms. The van der Waals surface area contributed by atoms with Gasteiger partial charge in [-0.05, 0) is 37.1 Å². The van der Waals surface area contributed by atoms with Gasteiger partial charge in [0, 0.05) is 30.4 Å². The molecule has 0 aliphatic carbocycles. The summed E-state index contributed by atoms with van der Waals surface area (Å²) in [6.45, 7) is 1.62. The number of furan rings is 1. The van der Waals surface area contributed by atoms with Gasteiger partial charge in [0.25, 0.3) is 5.91 Å². The van der Waals surface area contributed by atoms with Gasteiger partial charge in [-0.15, -0.1) is 0 Å². The van der Waals surface area contributed by atoms with Gasteiger partial charge >= 0.3 is 0 Å². The number of hydrogen-bond donors (Lipinski definition) is 1. The summed E-state index contributed by atoms with van der Waals surface area (Å²) in [6, 6.07) is 13.1. The van der Waals surface area contributed by atoms with Crippen LogP contribution in [0, 0.1) is 0 Å². The predicted octanol–water partition coefficient (Wildman–Crippen LogP) is 2.53. The number of amides is 2. The van der Waals surface area contributed by atoms with Gasteiger partial charge < -0.3 is 15.1 Å². The fraction of sp³-hybridized carbons (Fsp3) is 0.250. The number of carbonyl (C=O) groups is 2. The number of likely N-dealkylation sites (tertiary alicyclic amines) is 1.